The third-order valence-electron chi connectivity index (χ3n) is 2.55. The Hall–Kier alpha value is -3.03. The van der Waals surface area contributed by atoms with E-state index in [0.29, 0.717) is 5.69 Å². The van der Waals surface area contributed by atoms with Crippen molar-refractivity contribution < 1.29 is 9.72 Å². The summed E-state index contributed by atoms with van der Waals surface area (Å²) in [4.78, 5) is 30.1. The van der Waals surface area contributed by atoms with Crippen LogP contribution in [0.1, 0.15) is 10.4 Å². The minimum absolute atomic E-state index is 0.0364. The van der Waals surface area contributed by atoms with Gasteiger partial charge in [-0.15, -0.1) is 0 Å². The summed E-state index contributed by atoms with van der Waals surface area (Å²) in [6.45, 7) is 0. The molecule has 0 fully saturated rings. The minimum atomic E-state index is -0.595. The maximum absolute atomic E-state index is 12.1. The summed E-state index contributed by atoms with van der Waals surface area (Å²) in [5, 5.41) is 16.3. The lowest BCUT2D eigenvalue weighted by Crippen LogP contribution is -2.15. The summed E-state index contributed by atoms with van der Waals surface area (Å²) in [7, 11) is 1.55. The van der Waals surface area contributed by atoms with E-state index in [4.69, 9.17) is 0 Å². The van der Waals surface area contributed by atoms with E-state index in [1.807, 2.05) is 0 Å². The fraction of sp³-hybridized carbons (Fsp3) is 0.0833. The van der Waals surface area contributed by atoms with Gasteiger partial charge in [-0.25, -0.2) is 9.97 Å². The van der Waals surface area contributed by atoms with Crippen molar-refractivity contribution in [3.63, 3.8) is 0 Å². The summed E-state index contributed by atoms with van der Waals surface area (Å²) in [5.41, 5.74) is 0.323. The van der Waals surface area contributed by atoms with Crippen molar-refractivity contribution in [2.24, 2.45) is 0 Å². The van der Waals surface area contributed by atoms with E-state index in [0.717, 1.165) is 0 Å². The monoisotopic (exact) mass is 273 g/mol. The largest absolute Gasteiger partial charge is 0.383 e. The SMILES string of the molecule is CNc1cccc(C(=O)Nc2cncnc2)c1[N+](=O)[O-]. The zero-order valence-corrected chi connectivity index (χ0v) is 10.5. The topological polar surface area (TPSA) is 110 Å². The number of nitro groups is 1. The van der Waals surface area contributed by atoms with Crippen LogP contribution in [0.3, 0.4) is 0 Å². The molecule has 1 heterocycles. The van der Waals surface area contributed by atoms with Gasteiger partial charge in [-0.1, -0.05) is 6.07 Å². The molecule has 8 heteroatoms. The lowest BCUT2D eigenvalue weighted by molar-refractivity contribution is -0.384. The molecule has 0 atom stereocenters. The molecule has 2 N–H and O–H groups in total. The van der Waals surface area contributed by atoms with Crippen molar-refractivity contribution in [1.29, 1.82) is 0 Å². The van der Waals surface area contributed by atoms with Gasteiger partial charge in [0, 0.05) is 7.05 Å². The van der Waals surface area contributed by atoms with Gasteiger partial charge in [0.2, 0.25) is 0 Å². The molecule has 1 aromatic heterocycles. The van der Waals surface area contributed by atoms with E-state index >= 15 is 0 Å². The predicted molar refractivity (Wildman–Crippen MR) is 72.6 cm³/mol. The molecule has 2 aromatic rings. The third-order valence-corrected chi connectivity index (χ3v) is 2.55. The van der Waals surface area contributed by atoms with Crippen LogP contribution in [0.25, 0.3) is 0 Å². The van der Waals surface area contributed by atoms with Gasteiger partial charge in [0.05, 0.1) is 23.0 Å². The summed E-state index contributed by atoms with van der Waals surface area (Å²) in [6.07, 6.45) is 4.12. The van der Waals surface area contributed by atoms with Gasteiger partial charge in [-0.2, -0.15) is 0 Å². The number of hydrogen-bond donors (Lipinski definition) is 2. The van der Waals surface area contributed by atoms with Crippen LogP contribution in [-0.2, 0) is 0 Å². The van der Waals surface area contributed by atoms with Gasteiger partial charge in [0.15, 0.2) is 0 Å². The van der Waals surface area contributed by atoms with Gasteiger partial charge in [-0.3, -0.25) is 14.9 Å². The number of para-hydroxylation sites is 1. The fourth-order valence-corrected chi connectivity index (χ4v) is 1.69. The highest BCUT2D eigenvalue weighted by molar-refractivity contribution is 6.08. The number of carbonyl (C=O) groups is 1. The van der Waals surface area contributed by atoms with E-state index in [1.165, 1.54) is 30.9 Å². The van der Waals surface area contributed by atoms with Crippen molar-refractivity contribution in [3.8, 4) is 0 Å². The van der Waals surface area contributed by atoms with Crippen molar-refractivity contribution >= 4 is 23.0 Å². The first-order chi connectivity index (χ1) is 9.63. The van der Waals surface area contributed by atoms with Gasteiger partial charge >= 0.3 is 5.69 Å². The van der Waals surface area contributed by atoms with E-state index in [2.05, 4.69) is 20.6 Å². The van der Waals surface area contributed by atoms with E-state index in [1.54, 1.807) is 13.1 Å². The molecule has 1 aromatic carbocycles. The molecule has 0 unspecified atom stereocenters. The number of nitro benzene ring substituents is 1. The van der Waals surface area contributed by atoms with Crippen LogP contribution in [0, 0.1) is 10.1 Å². The second kappa shape index (κ2) is 5.74. The lowest BCUT2D eigenvalue weighted by Gasteiger charge is -2.08. The van der Waals surface area contributed by atoms with Gasteiger partial charge < -0.3 is 10.6 Å². The van der Waals surface area contributed by atoms with Crippen LogP contribution in [0.2, 0.25) is 0 Å². The van der Waals surface area contributed by atoms with Crippen LogP contribution in [0.5, 0.6) is 0 Å². The fourth-order valence-electron chi connectivity index (χ4n) is 1.69. The highest BCUT2D eigenvalue weighted by Crippen LogP contribution is 2.28. The molecule has 0 bridgehead atoms. The zero-order valence-electron chi connectivity index (χ0n) is 10.5. The molecule has 0 spiro atoms. The molecule has 102 valence electrons. The van der Waals surface area contributed by atoms with Crippen molar-refractivity contribution in [3.05, 3.63) is 52.6 Å². The highest BCUT2D eigenvalue weighted by atomic mass is 16.6. The summed E-state index contributed by atoms with van der Waals surface area (Å²) < 4.78 is 0. The molecule has 0 saturated heterocycles. The van der Waals surface area contributed by atoms with Crippen LogP contribution in [0.4, 0.5) is 17.1 Å². The molecular weight excluding hydrogens is 262 g/mol. The molecule has 0 aliphatic rings. The maximum atomic E-state index is 12.1. The Morgan fingerprint density at radius 1 is 1.30 bits per heavy atom. The molecule has 0 saturated carbocycles. The average Bonchev–Trinajstić information content (AvgIpc) is 2.47. The first kappa shape index (κ1) is 13.4. The summed E-state index contributed by atoms with van der Waals surface area (Å²) in [6, 6.07) is 4.48. The van der Waals surface area contributed by atoms with Crippen LogP contribution < -0.4 is 10.6 Å². The van der Waals surface area contributed by atoms with E-state index < -0.39 is 10.8 Å². The Morgan fingerprint density at radius 3 is 2.60 bits per heavy atom. The van der Waals surface area contributed by atoms with Crippen LogP contribution in [-0.4, -0.2) is 27.8 Å². The number of nitrogens with one attached hydrogen (secondary N) is 2. The van der Waals surface area contributed by atoms with Crippen LogP contribution in [0.15, 0.2) is 36.9 Å². The number of benzene rings is 1. The molecule has 0 radical (unpaired) electrons. The molecule has 0 aliphatic heterocycles. The second-order valence-electron chi connectivity index (χ2n) is 3.79. The van der Waals surface area contributed by atoms with Gasteiger partial charge in [0.1, 0.15) is 17.6 Å². The number of aromatic nitrogens is 2. The first-order valence-corrected chi connectivity index (χ1v) is 5.65. The molecule has 8 nitrogen and oxygen atoms in total. The quantitative estimate of drug-likeness (QED) is 0.647. The lowest BCUT2D eigenvalue weighted by atomic mass is 10.1. The van der Waals surface area contributed by atoms with E-state index in [-0.39, 0.29) is 16.9 Å². The maximum Gasteiger partial charge on any atom is 0.305 e. The van der Waals surface area contributed by atoms with Crippen molar-refractivity contribution in [2.45, 2.75) is 0 Å². The number of carbonyl (C=O) groups excluding carboxylic acids is 1. The predicted octanol–water partition coefficient (Wildman–Crippen LogP) is 1.68. The van der Waals surface area contributed by atoms with Crippen LogP contribution >= 0.6 is 0 Å². The molecule has 20 heavy (non-hydrogen) atoms. The van der Waals surface area contributed by atoms with Crippen molar-refractivity contribution in [2.75, 3.05) is 17.7 Å². The number of amides is 1. The number of nitrogens with zero attached hydrogens (tertiary/aromatic N) is 3. The highest BCUT2D eigenvalue weighted by Gasteiger charge is 2.24. The number of hydrogen-bond acceptors (Lipinski definition) is 6. The number of rotatable bonds is 4. The zero-order chi connectivity index (χ0) is 14.5. The molecule has 0 aliphatic carbocycles. The third kappa shape index (κ3) is 2.69. The average molecular weight is 273 g/mol. The second-order valence-corrected chi connectivity index (χ2v) is 3.79. The molecule has 2 rings (SSSR count). The Kier molecular flexibility index (Phi) is 3.85. The standard InChI is InChI=1S/C12H11N5O3/c1-13-10-4-2-3-9(11(10)17(19)20)12(18)16-8-5-14-7-15-6-8/h2-7,13H,1H3,(H,16,18). The first-order valence-electron chi connectivity index (χ1n) is 5.65. The number of anilines is 2. The molecule has 1 amide bonds. The van der Waals surface area contributed by atoms with E-state index in [9.17, 15) is 14.9 Å². The summed E-state index contributed by atoms with van der Waals surface area (Å²) in [5.74, 6) is -0.594. The van der Waals surface area contributed by atoms with Gasteiger partial charge in [-0.05, 0) is 12.1 Å². The normalized spacial score (nSPS) is 9.85. The Balaban J connectivity index is 2.37. The van der Waals surface area contributed by atoms with Gasteiger partial charge in [0.25, 0.3) is 5.91 Å². The Labute approximate surface area is 114 Å². The smallest absolute Gasteiger partial charge is 0.305 e. The minimum Gasteiger partial charge on any atom is -0.383 e. The molecular formula is C12H11N5O3. The Morgan fingerprint density at radius 2 is 2.00 bits per heavy atom. The Bertz CT molecular complexity index is 645. The van der Waals surface area contributed by atoms with Crippen molar-refractivity contribution in [1.82, 2.24) is 9.97 Å². The summed E-state index contributed by atoms with van der Waals surface area (Å²) >= 11 is 0.